The number of H-pyrrole nitrogens is 1. The molecule has 0 saturated heterocycles. The lowest BCUT2D eigenvalue weighted by Gasteiger charge is -2.06. The van der Waals surface area contributed by atoms with Crippen LogP contribution in [0.1, 0.15) is 39.2 Å². The predicted molar refractivity (Wildman–Crippen MR) is 98.7 cm³/mol. The Morgan fingerprint density at radius 2 is 1.36 bits per heavy atom. The molecule has 1 N–H and O–H groups in total. The average molecular weight is 289 g/mol. The summed E-state index contributed by atoms with van der Waals surface area (Å²) in [7, 11) is 0. The molecule has 4 rings (SSSR count). The fourth-order valence-electron chi connectivity index (χ4n) is 3.17. The molecule has 1 heterocycles. The van der Waals surface area contributed by atoms with Gasteiger partial charge >= 0.3 is 0 Å². The molecule has 1 heteroatoms. The van der Waals surface area contributed by atoms with Crippen molar-refractivity contribution < 1.29 is 0 Å². The third kappa shape index (κ3) is 2.18. The zero-order valence-electron chi connectivity index (χ0n) is 13.8. The van der Waals surface area contributed by atoms with Gasteiger partial charge in [0.25, 0.3) is 0 Å². The molecular formula is C21H23N. The monoisotopic (exact) mass is 289 g/mol. The Bertz CT molecular complexity index is 929. The summed E-state index contributed by atoms with van der Waals surface area (Å²) < 4.78 is 0. The van der Waals surface area contributed by atoms with Gasteiger partial charge in [0.1, 0.15) is 0 Å². The summed E-state index contributed by atoms with van der Waals surface area (Å²) in [5.74, 6) is 0.526. The molecule has 0 bridgehead atoms. The first kappa shape index (κ1) is 14.6. The Morgan fingerprint density at radius 3 is 2.14 bits per heavy atom. The van der Waals surface area contributed by atoms with Gasteiger partial charge < -0.3 is 4.98 Å². The highest BCUT2D eigenvalue weighted by Gasteiger charge is 2.11. The van der Waals surface area contributed by atoms with Gasteiger partial charge in [-0.2, -0.15) is 0 Å². The molecule has 4 aromatic rings. The largest absolute Gasteiger partial charge is 0.354 e. The maximum atomic E-state index is 3.67. The number of aromatic nitrogens is 1. The van der Waals surface area contributed by atoms with Crippen LogP contribution in [-0.4, -0.2) is 4.98 Å². The van der Waals surface area contributed by atoms with Crippen molar-refractivity contribution in [2.75, 3.05) is 0 Å². The van der Waals surface area contributed by atoms with E-state index in [0.717, 1.165) is 0 Å². The Labute approximate surface area is 132 Å². The van der Waals surface area contributed by atoms with Gasteiger partial charge in [0.05, 0.1) is 5.52 Å². The van der Waals surface area contributed by atoms with Gasteiger partial charge in [0.15, 0.2) is 0 Å². The second kappa shape index (κ2) is 5.84. The maximum Gasteiger partial charge on any atom is 0.0544 e. The molecule has 0 radical (unpaired) electrons. The molecule has 0 atom stereocenters. The lowest BCUT2D eigenvalue weighted by Crippen LogP contribution is -1.87. The highest BCUT2D eigenvalue weighted by atomic mass is 14.7. The fourth-order valence-corrected chi connectivity index (χ4v) is 3.17. The lowest BCUT2D eigenvalue weighted by molar-refractivity contribution is 0.874. The van der Waals surface area contributed by atoms with E-state index in [0.29, 0.717) is 5.92 Å². The van der Waals surface area contributed by atoms with Crippen LogP contribution < -0.4 is 0 Å². The summed E-state index contributed by atoms with van der Waals surface area (Å²) in [5.41, 5.74) is 3.93. The van der Waals surface area contributed by atoms with Crippen LogP contribution in [0.2, 0.25) is 0 Å². The molecule has 1 aromatic heterocycles. The first-order valence-electron chi connectivity index (χ1n) is 8.18. The number of hydrogen-bond acceptors (Lipinski definition) is 0. The van der Waals surface area contributed by atoms with Gasteiger partial charge in [-0.05, 0) is 16.9 Å². The molecule has 0 aliphatic carbocycles. The van der Waals surface area contributed by atoms with E-state index in [1.165, 1.54) is 38.1 Å². The highest BCUT2D eigenvalue weighted by Crippen LogP contribution is 2.34. The van der Waals surface area contributed by atoms with E-state index in [4.69, 9.17) is 0 Å². The Morgan fingerprint density at radius 1 is 0.682 bits per heavy atom. The number of para-hydroxylation sites is 1. The molecule has 0 aliphatic heterocycles. The number of benzene rings is 3. The molecule has 1 nitrogen and oxygen atoms in total. The SMILES string of the molecule is CC.CC(C)c1cccc2c1[nH]c1c3ccccc3ccc21. The van der Waals surface area contributed by atoms with E-state index in [1.54, 1.807) is 0 Å². The molecule has 0 spiro atoms. The molecule has 22 heavy (non-hydrogen) atoms. The lowest BCUT2D eigenvalue weighted by atomic mass is 9.99. The van der Waals surface area contributed by atoms with E-state index < -0.39 is 0 Å². The topological polar surface area (TPSA) is 15.8 Å². The molecule has 0 aliphatic rings. The van der Waals surface area contributed by atoms with Crippen LogP contribution in [-0.2, 0) is 0 Å². The summed E-state index contributed by atoms with van der Waals surface area (Å²) in [5, 5.41) is 5.24. The number of nitrogens with one attached hydrogen (secondary N) is 1. The minimum atomic E-state index is 0.526. The van der Waals surface area contributed by atoms with E-state index in [9.17, 15) is 0 Å². The second-order valence-electron chi connectivity index (χ2n) is 5.76. The first-order valence-corrected chi connectivity index (χ1v) is 8.18. The fraction of sp³-hybridized carbons (Fsp3) is 0.238. The number of aromatic amines is 1. The smallest absolute Gasteiger partial charge is 0.0544 e. The molecule has 0 fully saturated rings. The summed E-state index contributed by atoms with van der Waals surface area (Å²) in [4.78, 5) is 3.67. The minimum Gasteiger partial charge on any atom is -0.354 e. The van der Waals surface area contributed by atoms with Gasteiger partial charge in [0.2, 0.25) is 0 Å². The quantitative estimate of drug-likeness (QED) is 0.405. The van der Waals surface area contributed by atoms with E-state index in [-0.39, 0.29) is 0 Å². The number of hydrogen-bond donors (Lipinski definition) is 1. The van der Waals surface area contributed by atoms with Crippen molar-refractivity contribution >= 4 is 32.6 Å². The van der Waals surface area contributed by atoms with Crippen molar-refractivity contribution in [3.63, 3.8) is 0 Å². The Kier molecular flexibility index (Phi) is 3.89. The number of rotatable bonds is 1. The maximum absolute atomic E-state index is 3.67. The third-order valence-corrected chi connectivity index (χ3v) is 4.19. The van der Waals surface area contributed by atoms with Crippen molar-refractivity contribution in [3.8, 4) is 0 Å². The van der Waals surface area contributed by atoms with Crippen molar-refractivity contribution in [1.29, 1.82) is 0 Å². The van der Waals surface area contributed by atoms with E-state index >= 15 is 0 Å². The van der Waals surface area contributed by atoms with E-state index in [2.05, 4.69) is 73.4 Å². The van der Waals surface area contributed by atoms with Gasteiger partial charge in [-0.3, -0.25) is 0 Å². The molecule has 112 valence electrons. The van der Waals surface area contributed by atoms with Crippen LogP contribution in [0, 0.1) is 0 Å². The predicted octanol–water partition coefficient (Wildman–Crippen LogP) is 6.62. The van der Waals surface area contributed by atoms with Crippen LogP contribution >= 0.6 is 0 Å². The first-order chi connectivity index (χ1) is 10.8. The van der Waals surface area contributed by atoms with Crippen molar-refractivity contribution in [2.24, 2.45) is 0 Å². The van der Waals surface area contributed by atoms with Gasteiger partial charge in [-0.15, -0.1) is 0 Å². The zero-order valence-corrected chi connectivity index (χ0v) is 13.8. The molecule has 0 unspecified atom stereocenters. The Balaban J connectivity index is 0.000000693. The van der Waals surface area contributed by atoms with Gasteiger partial charge in [-0.1, -0.05) is 82.3 Å². The molecule has 0 amide bonds. The molecule has 0 saturated carbocycles. The standard InChI is InChI=1S/C19H17N.C2H6/c1-12(2)14-8-5-9-16-17-11-10-13-6-3-4-7-15(13)19(17)20-18(14)16;1-2/h3-12,20H,1-2H3;1-2H3. The van der Waals surface area contributed by atoms with Crippen LogP contribution in [0.15, 0.2) is 54.6 Å². The normalized spacial score (nSPS) is 11.1. The van der Waals surface area contributed by atoms with Crippen molar-refractivity contribution in [2.45, 2.75) is 33.6 Å². The highest BCUT2D eigenvalue weighted by molar-refractivity contribution is 6.17. The zero-order chi connectivity index (χ0) is 15.7. The summed E-state index contributed by atoms with van der Waals surface area (Å²) >= 11 is 0. The summed E-state index contributed by atoms with van der Waals surface area (Å²) in [6.07, 6.45) is 0. The van der Waals surface area contributed by atoms with E-state index in [1.807, 2.05) is 13.8 Å². The van der Waals surface area contributed by atoms with Crippen LogP contribution in [0.4, 0.5) is 0 Å². The molecular weight excluding hydrogens is 266 g/mol. The second-order valence-corrected chi connectivity index (χ2v) is 5.76. The van der Waals surface area contributed by atoms with Crippen molar-refractivity contribution in [3.05, 3.63) is 60.2 Å². The van der Waals surface area contributed by atoms with Gasteiger partial charge in [-0.25, -0.2) is 0 Å². The number of fused-ring (bicyclic) bond motifs is 5. The van der Waals surface area contributed by atoms with Crippen molar-refractivity contribution in [1.82, 2.24) is 4.98 Å². The Hall–Kier alpha value is -2.28. The molecule has 3 aromatic carbocycles. The third-order valence-electron chi connectivity index (χ3n) is 4.19. The average Bonchev–Trinajstić information content (AvgIpc) is 2.95. The van der Waals surface area contributed by atoms with Crippen LogP contribution in [0.5, 0.6) is 0 Å². The van der Waals surface area contributed by atoms with Crippen LogP contribution in [0.25, 0.3) is 32.6 Å². The summed E-state index contributed by atoms with van der Waals surface area (Å²) in [6.45, 7) is 8.50. The minimum absolute atomic E-state index is 0.526. The summed E-state index contributed by atoms with van der Waals surface area (Å²) in [6, 6.07) is 19.6. The van der Waals surface area contributed by atoms with Crippen LogP contribution in [0.3, 0.4) is 0 Å². The van der Waals surface area contributed by atoms with Gasteiger partial charge in [0, 0.05) is 21.7 Å².